The highest BCUT2D eigenvalue weighted by Gasteiger charge is 2.10. The molecule has 94 valence electrons. The Kier molecular flexibility index (Phi) is 4.43. The summed E-state index contributed by atoms with van der Waals surface area (Å²) in [4.78, 5) is 13.1. The molecule has 0 aliphatic heterocycles. The third kappa shape index (κ3) is 3.13. The molecular weight excluding hydrogens is 334 g/mol. The van der Waals surface area contributed by atoms with Gasteiger partial charge in [0.2, 0.25) is 0 Å². The van der Waals surface area contributed by atoms with Gasteiger partial charge in [-0.25, -0.2) is 0 Å². The Balaban J connectivity index is 2.06. The van der Waals surface area contributed by atoms with Crippen LogP contribution in [-0.2, 0) is 6.54 Å². The number of carbonyl (C=O) groups excluding carboxylic acids is 1. The second-order valence-electron chi connectivity index (χ2n) is 3.83. The van der Waals surface area contributed by atoms with E-state index in [1.54, 1.807) is 29.5 Å². The highest BCUT2D eigenvalue weighted by Crippen LogP contribution is 2.21. The Morgan fingerprint density at radius 3 is 2.94 bits per heavy atom. The van der Waals surface area contributed by atoms with Gasteiger partial charge in [0.05, 0.1) is 6.54 Å². The van der Waals surface area contributed by atoms with Gasteiger partial charge in [-0.3, -0.25) is 4.79 Å². The SMILES string of the molecule is Cc1c(Cl)cccc1C(=O)NCc1cc(Br)cs1. The average Bonchev–Trinajstić information content (AvgIpc) is 2.76. The molecule has 0 unspecified atom stereocenters. The van der Waals surface area contributed by atoms with E-state index in [0.717, 1.165) is 14.9 Å². The maximum Gasteiger partial charge on any atom is 0.251 e. The zero-order chi connectivity index (χ0) is 13.1. The molecule has 5 heteroatoms. The van der Waals surface area contributed by atoms with Gasteiger partial charge in [-0.1, -0.05) is 17.7 Å². The molecule has 0 atom stereocenters. The molecule has 0 aliphatic carbocycles. The van der Waals surface area contributed by atoms with Crippen LogP contribution in [0.1, 0.15) is 20.8 Å². The zero-order valence-corrected chi connectivity index (χ0v) is 12.8. The first kappa shape index (κ1) is 13.6. The van der Waals surface area contributed by atoms with Crippen LogP contribution >= 0.6 is 38.9 Å². The second kappa shape index (κ2) is 5.87. The molecule has 0 spiro atoms. The first-order valence-electron chi connectivity index (χ1n) is 5.34. The molecule has 1 aromatic carbocycles. The predicted octanol–water partition coefficient (Wildman–Crippen LogP) is 4.40. The molecular formula is C13H11BrClNOS. The summed E-state index contributed by atoms with van der Waals surface area (Å²) in [5.41, 5.74) is 1.43. The van der Waals surface area contributed by atoms with Crippen LogP contribution in [0.25, 0.3) is 0 Å². The van der Waals surface area contributed by atoms with Crippen LogP contribution in [0, 0.1) is 6.92 Å². The Labute approximate surface area is 123 Å². The van der Waals surface area contributed by atoms with Gasteiger partial charge < -0.3 is 5.32 Å². The highest BCUT2D eigenvalue weighted by atomic mass is 79.9. The summed E-state index contributed by atoms with van der Waals surface area (Å²) in [6.07, 6.45) is 0. The third-order valence-corrected chi connectivity index (χ3v) is 4.66. The van der Waals surface area contributed by atoms with E-state index in [1.807, 2.05) is 18.4 Å². The first-order valence-corrected chi connectivity index (χ1v) is 7.39. The molecule has 1 N–H and O–H groups in total. The summed E-state index contributed by atoms with van der Waals surface area (Å²) < 4.78 is 1.04. The summed E-state index contributed by atoms with van der Waals surface area (Å²) in [6.45, 7) is 2.38. The Bertz CT molecular complexity index is 582. The molecule has 0 aliphatic rings. The average molecular weight is 345 g/mol. The van der Waals surface area contributed by atoms with Crippen LogP contribution in [0.2, 0.25) is 5.02 Å². The highest BCUT2D eigenvalue weighted by molar-refractivity contribution is 9.10. The number of nitrogens with one attached hydrogen (secondary N) is 1. The molecule has 0 bridgehead atoms. The maximum atomic E-state index is 12.0. The molecule has 0 radical (unpaired) electrons. The number of benzene rings is 1. The lowest BCUT2D eigenvalue weighted by molar-refractivity contribution is 0.0950. The molecule has 2 nitrogen and oxygen atoms in total. The van der Waals surface area contributed by atoms with Gasteiger partial charge in [0.15, 0.2) is 0 Å². The van der Waals surface area contributed by atoms with Crippen LogP contribution in [0.15, 0.2) is 34.1 Å². The van der Waals surface area contributed by atoms with Crippen molar-refractivity contribution in [2.75, 3.05) is 0 Å². The number of rotatable bonds is 3. The summed E-state index contributed by atoms with van der Waals surface area (Å²) in [7, 11) is 0. The fraction of sp³-hybridized carbons (Fsp3) is 0.154. The smallest absolute Gasteiger partial charge is 0.251 e. The van der Waals surface area contributed by atoms with E-state index in [2.05, 4.69) is 21.2 Å². The lowest BCUT2D eigenvalue weighted by Gasteiger charge is -2.07. The van der Waals surface area contributed by atoms with Gasteiger partial charge in [-0.2, -0.15) is 0 Å². The Hall–Kier alpha value is -0.840. The normalized spacial score (nSPS) is 10.4. The second-order valence-corrected chi connectivity index (χ2v) is 6.14. The van der Waals surface area contributed by atoms with E-state index in [0.29, 0.717) is 17.1 Å². The fourth-order valence-corrected chi connectivity index (χ4v) is 3.13. The third-order valence-electron chi connectivity index (χ3n) is 2.56. The van der Waals surface area contributed by atoms with Gasteiger partial charge in [0.1, 0.15) is 0 Å². The van der Waals surface area contributed by atoms with Crippen LogP contribution in [-0.4, -0.2) is 5.91 Å². The van der Waals surface area contributed by atoms with Gasteiger partial charge in [-0.15, -0.1) is 11.3 Å². The van der Waals surface area contributed by atoms with Crippen molar-refractivity contribution in [2.45, 2.75) is 13.5 Å². The van der Waals surface area contributed by atoms with E-state index < -0.39 is 0 Å². The van der Waals surface area contributed by atoms with Crippen molar-refractivity contribution in [1.82, 2.24) is 5.32 Å². The van der Waals surface area contributed by atoms with E-state index >= 15 is 0 Å². The van der Waals surface area contributed by atoms with Crippen molar-refractivity contribution < 1.29 is 4.79 Å². The molecule has 0 saturated carbocycles. The van der Waals surface area contributed by atoms with Gasteiger partial charge >= 0.3 is 0 Å². The molecule has 1 aromatic heterocycles. The van der Waals surface area contributed by atoms with E-state index in [9.17, 15) is 4.79 Å². The maximum absolute atomic E-state index is 12.0. The molecule has 1 amide bonds. The Morgan fingerprint density at radius 1 is 1.50 bits per heavy atom. The standard InChI is InChI=1S/C13H11BrClNOS/c1-8-11(3-2-4-12(8)15)13(17)16-6-10-5-9(14)7-18-10/h2-5,7H,6H2,1H3,(H,16,17). The lowest BCUT2D eigenvalue weighted by atomic mass is 10.1. The minimum atomic E-state index is -0.0977. The number of amides is 1. The first-order chi connectivity index (χ1) is 8.58. The van der Waals surface area contributed by atoms with Crippen molar-refractivity contribution in [3.05, 3.63) is 55.1 Å². The van der Waals surface area contributed by atoms with Gasteiger partial charge in [0, 0.05) is 25.3 Å². The fourth-order valence-electron chi connectivity index (χ4n) is 1.56. The van der Waals surface area contributed by atoms with E-state index in [4.69, 9.17) is 11.6 Å². The molecule has 0 saturated heterocycles. The van der Waals surface area contributed by atoms with Crippen LogP contribution in [0.3, 0.4) is 0 Å². The molecule has 0 fully saturated rings. The van der Waals surface area contributed by atoms with E-state index in [1.165, 1.54) is 0 Å². The molecule has 2 aromatic rings. The summed E-state index contributed by atoms with van der Waals surface area (Å²) in [6, 6.07) is 7.34. The van der Waals surface area contributed by atoms with E-state index in [-0.39, 0.29) is 5.91 Å². The molecule has 18 heavy (non-hydrogen) atoms. The topological polar surface area (TPSA) is 29.1 Å². The summed E-state index contributed by atoms with van der Waals surface area (Å²) >= 11 is 11.0. The lowest BCUT2D eigenvalue weighted by Crippen LogP contribution is -2.23. The van der Waals surface area contributed by atoms with Crippen LogP contribution in [0.4, 0.5) is 0 Å². The molecule has 1 heterocycles. The van der Waals surface area contributed by atoms with Crippen molar-refractivity contribution in [3.8, 4) is 0 Å². The number of halogens is 2. The predicted molar refractivity (Wildman–Crippen MR) is 79.4 cm³/mol. The quantitative estimate of drug-likeness (QED) is 0.878. The summed E-state index contributed by atoms with van der Waals surface area (Å²) in [5, 5.41) is 5.49. The van der Waals surface area contributed by atoms with Gasteiger partial charge in [0.25, 0.3) is 5.91 Å². The summed E-state index contributed by atoms with van der Waals surface area (Å²) in [5.74, 6) is -0.0977. The number of hydrogen-bond acceptors (Lipinski definition) is 2. The number of carbonyl (C=O) groups is 1. The molecule has 2 rings (SSSR count). The minimum absolute atomic E-state index is 0.0977. The zero-order valence-electron chi connectivity index (χ0n) is 9.67. The van der Waals surface area contributed by atoms with Crippen molar-refractivity contribution in [3.63, 3.8) is 0 Å². The van der Waals surface area contributed by atoms with Crippen molar-refractivity contribution in [1.29, 1.82) is 0 Å². The minimum Gasteiger partial charge on any atom is -0.347 e. The largest absolute Gasteiger partial charge is 0.347 e. The number of thiophene rings is 1. The van der Waals surface area contributed by atoms with Crippen molar-refractivity contribution in [2.24, 2.45) is 0 Å². The monoisotopic (exact) mass is 343 g/mol. The van der Waals surface area contributed by atoms with Crippen LogP contribution in [0.5, 0.6) is 0 Å². The number of hydrogen-bond donors (Lipinski definition) is 1. The van der Waals surface area contributed by atoms with Gasteiger partial charge in [-0.05, 0) is 46.6 Å². The van der Waals surface area contributed by atoms with Crippen molar-refractivity contribution >= 4 is 44.8 Å². The Morgan fingerprint density at radius 2 is 2.28 bits per heavy atom. The van der Waals surface area contributed by atoms with Crippen LogP contribution < -0.4 is 5.32 Å².